The van der Waals surface area contributed by atoms with Gasteiger partial charge < -0.3 is 0 Å². The Morgan fingerprint density at radius 1 is 0.387 bits per heavy atom. The summed E-state index contributed by atoms with van der Waals surface area (Å²) >= 11 is 0. The lowest BCUT2D eigenvalue weighted by Crippen LogP contribution is -2.06. The number of aryl methyl sites for hydroxylation is 3. The lowest BCUT2D eigenvalue weighted by Gasteiger charge is -2.06. The fourth-order valence-electron chi connectivity index (χ4n) is 4.36. The Hall–Kier alpha value is -0.990. The van der Waals surface area contributed by atoms with E-state index in [9.17, 15) is 0 Å². The van der Waals surface area contributed by atoms with E-state index in [1.807, 2.05) is 6.92 Å². The molecular formula is C28H53N3. The molecule has 1 heterocycles. The van der Waals surface area contributed by atoms with Gasteiger partial charge in [0.25, 0.3) is 0 Å². The van der Waals surface area contributed by atoms with Gasteiger partial charge in [0, 0.05) is 12.8 Å². The molecule has 0 unspecified atom stereocenters. The maximum Gasteiger partial charge on any atom is 0.132 e. The molecule has 31 heavy (non-hydrogen) atoms. The average Bonchev–Trinajstić information content (AvgIpc) is 2.76. The zero-order valence-corrected chi connectivity index (χ0v) is 21.4. The van der Waals surface area contributed by atoms with Crippen molar-refractivity contribution in [3.05, 3.63) is 17.5 Å². The second-order valence-corrected chi connectivity index (χ2v) is 9.58. The van der Waals surface area contributed by atoms with Crippen molar-refractivity contribution in [3.63, 3.8) is 0 Å². The number of nitrogens with zero attached hydrogens (tertiary/aromatic N) is 3. The minimum absolute atomic E-state index is 0.902. The van der Waals surface area contributed by atoms with Gasteiger partial charge in [0.15, 0.2) is 0 Å². The molecule has 3 nitrogen and oxygen atoms in total. The summed E-state index contributed by atoms with van der Waals surface area (Å²) in [5.74, 6) is 2.95. The van der Waals surface area contributed by atoms with E-state index in [0.717, 1.165) is 30.3 Å². The van der Waals surface area contributed by atoms with E-state index < -0.39 is 0 Å². The first kappa shape index (κ1) is 28.0. The average molecular weight is 432 g/mol. The first-order chi connectivity index (χ1) is 15.3. The first-order valence-corrected chi connectivity index (χ1v) is 14.0. The molecule has 0 spiro atoms. The van der Waals surface area contributed by atoms with Crippen LogP contribution in [0.2, 0.25) is 0 Å². The normalized spacial score (nSPS) is 11.3. The topological polar surface area (TPSA) is 38.7 Å². The highest BCUT2D eigenvalue weighted by Gasteiger charge is 2.04. The van der Waals surface area contributed by atoms with E-state index in [2.05, 4.69) is 23.8 Å². The lowest BCUT2D eigenvalue weighted by atomic mass is 10.1. The second-order valence-electron chi connectivity index (χ2n) is 9.58. The summed E-state index contributed by atoms with van der Waals surface area (Å²) in [4.78, 5) is 13.9. The zero-order valence-electron chi connectivity index (χ0n) is 21.4. The highest BCUT2D eigenvalue weighted by atomic mass is 15.0. The van der Waals surface area contributed by atoms with E-state index in [1.165, 1.54) is 128 Å². The minimum atomic E-state index is 0.902. The number of aromatic nitrogens is 3. The van der Waals surface area contributed by atoms with E-state index in [4.69, 9.17) is 4.98 Å². The molecule has 0 saturated heterocycles. The molecule has 0 aliphatic rings. The number of unbranched alkanes of at least 4 members (excludes halogenated alkanes) is 18. The van der Waals surface area contributed by atoms with Gasteiger partial charge in [-0.2, -0.15) is 0 Å². The van der Waals surface area contributed by atoms with Crippen molar-refractivity contribution >= 4 is 0 Å². The van der Waals surface area contributed by atoms with Gasteiger partial charge in [-0.05, 0) is 19.8 Å². The van der Waals surface area contributed by atoms with E-state index >= 15 is 0 Å². The predicted octanol–water partition coefficient (Wildman–Crippen LogP) is 9.11. The van der Waals surface area contributed by atoms with Crippen molar-refractivity contribution in [3.8, 4) is 0 Å². The summed E-state index contributed by atoms with van der Waals surface area (Å²) in [5.41, 5.74) is 0. The van der Waals surface area contributed by atoms with Gasteiger partial charge in [-0.1, -0.05) is 129 Å². The van der Waals surface area contributed by atoms with Gasteiger partial charge in [0.2, 0.25) is 0 Å². The van der Waals surface area contributed by atoms with Crippen LogP contribution in [0.5, 0.6) is 0 Å². The molecule has 0 aliphatic heterocycles. The molecule has 0 fully saturated rings. The molecule has 0 aromatic carbocycles. The lowest BCUT2D eigenvalue weighted by molar-refractivity contribution is 0.549. The number of rotatable bonds is 22. The van der Waals surface area contributed by atoms with Crippen LogP contribution >= 0.6 is 0 Å². The second kappa shape index (κ2) is 20.9. The molecule has 1 aromatic rings. The van der Waals surface area contributed by atoms with Crippen LogP contribution < -0.4 is 0 Å². The van der Waals surface area contributed by atoms with Gasteiger partial charge in [-0.3, -0.25) is 0 Å². The summed E-state index contributed by atoms with van der Waals surface area (Å²) in [6.45, 7) is 6.59. The molecule has 1 rings (SSSR count). The van der Waals surface area contributed by atoms with Crippen molar-refractivity contribution in [2.24, 2.45) is 0 Å². The van der Waals surface area contributed by atoms with E-state index in [1.54, 1.807) is 0 Å². The maximum absolute atomic E-state index is 4.76. The highest BCUT2D eigenvalue weighted by molar-refractivity contribution is 4.96. The van der Waals surface area contributed by atoms with Crippen LogP contribution in [0.15, 0.2) is 0 Å². The molecule has 0 saturated carbocycles. The molecule has 0 atom stereocenters. The third-order valence-corrected chi connectivity index (χ3v) is 6.35. The Kier molecular flexibility index (Phi) is 18.9. The standard InChI is InChI=1S/C28H53N3/c1-4-6-8-10-12-14-16-18-20-22-24-27-29-26(3)30-28(31-27)25-23-21-19-17-15-13-11-9-7-5-2/h4-25H2,1-3H3. The molecule has 0 aliphatic carbocycles. The molecule has 3 heteroatoms. The number of hydrogen-bond acceptors (Lipinski definition) is 3. The van der Waals surface area contributed by atoms with Crippen LogP contribution in [0, 0.1) is 6.92 Å². The molecule has 0 N–H and O–H groups in total. The van der Waals surface area contributed by atoms with Crippen LogP contribution in [0.4, 0.5) is 0 Å². The monoisotopic (exact) mass is 431 g/mol. The number of hydrogen-bond donors (Lipinski definition) is 0. The Balaban J connectivity index is 2.06. The highest BCUT2D eigenvalue weighted by Crippen LogP contribution is 2.13. The fraction of sp³-hybridized carbons (Fsp3) is 0.893. The van der Waals surface area contributed by atoms with Crippen LogP contribution in [0.3, 0.4) is 0 Å². The van der Waals surface area contributed by atoms with Crippen molar-refractivity contribution in [1.29, 1.82) is 0 Å². The largest absolute Gasteiger partial charge is 0.218 e. The third kappa shape index (κ3) is 17.3. The Morgan fingerprint density at radius 2 is 0.677 bits per heavy atom. The van der Waals surface area contributed by atoms with E-state index in [-0.39, 0.29) is 0 Å². The van der Waals surface area contributed by atoms with Gasteiger partial charge in [0.05, 0.1) is 0 Å². The van der Waals surface area contributed by atoms with Crippen LogP contribution in [0.25, 0.3) is 0 Å². The van der Waals surface area contributed by atoms with Gasteiger partial charge >= 0.3 is 0 Å². The molecule has 180 valence electrons. The van der Waals surface area contributed by atoms with Gasteiger partial charge in [0.1, 0.15) is 17.5 Å². The third-order valence-electron chi connectivity index (χ3n) is 6.35. The Labute approximate surface area is 194 Å². The molecule has 0 bridgehead atoms. The summed E-state index contributed by atoms with van der Waals surface area (Å²) in [6.07, 6.45) is 29.5. The van der Waals surface area contributed by atoms with Gasteiger partial charge in [-0.25, -0.2) is 15.0 Å². The van der Waals surface area contributed by atoms with Crippen molar-refractivity contribution in [2.75, 3.05) is 0 Å². The molecule has 0 radical (unpaired) electrons. The van der Waals surface area contributed by atoms with E-state index in [0.29, 0.717) is 0 Å². The molecule has 0 amide bonds. The molecular weight excluding hydrogens is 378 g/mol. The summed E-state index contributed by atoms with van der Waals surface area (Å²) in [5, 5.41) is 0. The Bertz CT molecular complexity index is 473. The summed E-state index contributed by atoms with van der Waals surface area (Å²) in [6, 6.07) is 0. The first-order valence-electron chi connectivity index (χ1n) is 14.0. The Morgan fingerprint density at radius 3 is 1.00 bits per heavy atom. The predicted molar refractivity (Wildman–Crippen MR) is 136 cm³/mol. The SMILES string of the molecule is CCCCCCCCCCCCc1nc(C)nc(CCCCCCCCCCCC)n1. The maximum atomic E-state index is 4.76. The molecule has 1 aromatic heterocycles. The quantitative estimate of drug-likeness (QED) is 0.172. The van der Waals surface area contributed by atoms with Crippen molar-refractivity contribution < 1.29 is 0 Å². The van der Waals surface area contributed by atoms with Crippen LogP contribution in [0.1, 0.15) is 160 Å². The van der Waals surface area contributed by atoms with Crippen molar-refractivity contribution in [2.45, 2.75) is 162 Å². The fourth-order valence-corrected chi connectivity index (χ4v) is 4.36. The smallest absolute Gasteiger partial charge is 0.132 e. The van der Waals surface area contributed by atoms with Gasteiger partial charge in [-0.15, -0.1) is 0 Å². The van der Waals surface area contributed by atoms with Crippen molar-refractivity contribution in [1.82, 2.24) is 15.0 Å². The summed E-state index contributed by atoms with van der Waals surface area (Å²) < 4.78 is 0. The summed E-state index contributed by atoms with van der Waals surface area (Å²) in [7, 11) is 0. The van der Waals surface area contributed by atoms with Crippen LogP contribution in [-0.4, -0.2) is 15.0 Å². The zero-order chi connectivity index (χ0) is 22.4. The van der Waals surface area contributed by atoms with Crippen LogP contribution in [-0.2, 0) is 12.8 Å². The minimum Gasteiger partial charge on any atom is -0.218 e.